The molecule has 1 aromatic rings. The van der Waals surface area contributed by atoms with E-state index >= 15 is 0 Å². The van der Waals surface area contributed by atoms with Crippen LogP contribution in [0.25, 0.3) is 0 Å². The molecule has 5 heteroatoms. The molecule has 1 fully saturated rings. The lowest BCUT2D eigenvalue weighted by Crippen LogP contribution is -2.27. The highest BCUT2D eigenvalue weighted by Crippen LogP contribution is 2.42. The summed E-state index contributed by atoms with van der Waals surface area (Å²) in [6, 6.07) is 3.98. The third kappa shape index (κ3) is 3.47. The van der Waals surface area contributed by atoms with Crippen molar-refractivity contribution in [3.8, 4) is 6.07 Å². The lowest BCUT2D eigenvalue weighted by atomic mass is 10.0. The van der Waals surface area contributed by atoms with Crippen LogP contribution in [0.2, 0.25) is 0 Å². The second kappa shape index (κ2) is 5.12. The SMILES string of the molecule is Cc1nc(NC(=O)OC(C)(C)C)cc(C2CC2)c1C#N. The van der Waals surface area contributed by atoms with Crippen LogP contribution >= 0.6 is 0 Å². The topological polar surface area (TPSA) is 75.0 Å². The van der Waals surface area contributed by atoms with Gasteiger partial charge in [-0.3, -0.25) is 5.32 Å². The summed E-state index contributed by atoms with van der Waals surface area (Å²) in [5.41, 5.74) is 1.70. The van der Waals surface area contributed by atoms with E-state index in [2.05, 4.69) is 16.4 Å². The molecule has 1 N–H and O–H groups in total. The first-order chi connectivity index (χ1) is 9.30. The van der Waals surface area contributed by atoms with E-state index in [1.165, 1.54) is 0 Å². The van der Waals surface area contributed by atoms with Crippen molar-refractivity contribution in [1.82, 2.24) is 4.98 Å². The summed E-state index contributed by atoms with van der Waals surface area (Å²) in [5.74, 6) is 0.864. The van der Waals surface area contributed by atoms with Crippen molar-refractivity contribution in [3.63, 3.8) is 0 Å². The Balaban J connectivity index is 2.21. The van der Waals surface area contributed by atoms with Gasteiger partial charge in [0.2, 0.25) is 0 Å². The number of aryl methyl sites for hydroxylation is 1. The van der Waals surface area contributed by atoms with E-state index < -0.39 is 11.7 Å². The first-order valence-corrected chi connectivity index (χ1v) is 6.72. The molecule has 0 aliphatic heterocycles. The predicted molar refractivity (Wildman–Crippen MR) is 75.5 cm³/mol. The number of carbonyl (C=O) groups excluding carboxylic acids is 1. The summed E-state index contributed by atoms with van der Waals surface area (Å²) in [7, 11) is 0. The maximum Gasteiger partial charge on any atom is 0.413 e. The second-order valence-corrected chi connectivity index (χ2v) is 6.07. The van der Waals surface area contributed by atoms with Crippen molar-refractivity contribution < 1.29 is 9.53 Å². The van der Waals surface area contributed by atoms with Crippen molar-refractivity contribution in [2.75, 3.05) is 5.32 Å². The number of carbonyl (C=O) groups is 1. The molecule has 1 heterocycles. The molecule has 0 atom stereocenters. The molecule has 1 aliphatic carbocycles. The fraction of sp³-hybridized carbons (Fsp3) is 0.533. The fourth-order valence-electron chi connectivity index (χ4n) is 2.03. The predicted octanol–water partition coefficient (Wildman–Crippen LogP) is 3.49. The van der Waals surface area contributed by atoms with Crippen LogP contribution in [0.15, 0.2) is 6.07 Å². The summed E-state index contributed by atoms with van der Waals surface area (Å²) in [6.45, 7) is 7.20. The smallest absolute Gasteiger partial charge is 0.413 e. The highest BCUT2D eigenvalue weighted by Gasteiger charge is 2.28. The summed E-state index contributed by atoms with van der Waals surface area (Å²) in [5, 5.41) is 11.8. The zero-order valence-corrected chi connectivity index (χ0v) is 12.3. The average Bonchev–Trinajstić information content (AvgIpc) is 3.08. The van der Waals surface area contributed by atoms with E-state index in [9.17, 15) is 10.1 Å². The number of nitriles is 1. The third-order valence-electron chi connectivity index (χ3n) is 2.99. The molecule has 2 rings (SSSR count). The number of pyridine rings is 1. The van der Waals surface area contributed by atoms with Crippen LogP contribution < -0.4 is 5.32 Å². The van der Waals surface area contributed by atoms with Crippen LogP contribution in [0, 0.1) is 18.3 Å². The number of nitrogens with one attached hydrogen (secondary N) is 1. The van der Waals surface area contributed by atoms with Crippen molar-refractivity contribution >= 4 is 11.9 Å². The lowest BCUT2D eigenvalue weighted by Gasteiger charge is -2.19. The Bertz CT molecular complexity index is 578. The van der Waals surface area contributed by atoms with Gasteiger partial charge >= 0.3 is 6.09 Å². The number of amides is 1. The van der Waals surface area contributed by atoms with Gasteiger partial charge in [-0.1, -0.05) is 0 Å². The molecule has 0 unspecified atom stereocenters. The van der Waals surface area contributed by atoms with E-state index in [1.807, 2.05) is 0 Å². The molecule has 1 amide bonds. The van der Waals surface area contributed by atoms with E-state index in [4.69, 9.17) is 4.74 Å². The van der Waals surface area contributed by atoms with Gasteiger partial charge in [0, 0.05) is 0 Å². The number of rotatable bonds is 2. The van der Waals surface area contributed by atoms with Crippen molar-refractivity contribution in [2.45, 2.75) is 52.1 Å². The van der Waals surface area contributed by atoms with Crippen molar-refractivity contribution in [1.29, 1.82) is 5.26 Å². The summed E-state index contributed by atoms with van der Waals surface area (Å²) in [4.78, 5) is 16.0. The minimum Gasteiger partial charge on any atom is -0.444 e. The van der Waals surface area contributed by atoms with Gasteiger partial charge in [0.1, 0.15) is 17.5 Å². The van der Waals surface area contributed by atoms with Gasteiger partial charge in [0.05, 0.1) is 11.3 Å². The Labute approximate surface area is 119 Å². The van der Waals surface area contributed by atoms with Crippen LogP contribution in [-0.4, -0.2) is 16.7 Å². The molecule has 0 radical (unpaired) electrons. The number of aromatic nitrogens is 1. The van der Waals surface area contributed by atoms with Gasteiger partial charge in [-0.05, 0) is 58.1 Å². The maximum absolute atomic E-state index is 11.8. The van der Waals surface area contributed by atoms with Crippen molar-refractivity contribution in [3.05, 3.63) is 22.9 Å². The van der Waals surface area contributed by atoms with Crippen LogP contribution in [0.5, 0.6) is 0 Å². The molecular weight excluding hydrogens is 254 g/mol. The van der Waals surface area contributed by atoms with Gasteiger partial charge in [0.15, 0.2) is 0 Å². The average molecular weight is 273 g/mol. The van der Waals surface area contributed by atoms with Crippen LogP contribution in [0.4, 0.5) is 10.6 Å². The highest BCUT2D eigenvalue weighted by atomic mass is 16.6. The van der Waals surface area contributed by atoms with Gasteiger partial charge in [-0.25, -0.2) is 9.78 Å². The summed E-state index contributed by atoms with van der Waals surface area (Å²) >= 11 is 0. The van der Waals surface area contributed by atoms with Crippen LogP contribution in [-0.2, 0) is 4.74 Å². The zero-order valence-electron chi connectivity index (χ0n) is 12.3. The van der Waals surface area contributed by atoms with E-state index in [0.717, 1.165) is 18.4 Å². The molecule has 0 saturated heterocycles. The monoisotopic (exact) mass is 273 g/mol. The number of ether oxygens (including phenoxy) is 1. The number of nitrogens with zero attached hydrogens (tertiary/aromatic N) is 2. The second-order valence-electron chi connectivity index (χ2n) is 6.07. The minimum absolute atomic E-state index is 0.422. The lowest BCUT2D eigenvalue weighted by molar-refractivity contribution is 0.0635. The fourth-order valence-corrected chi connectivity index (χ4v) is 2.03. The van der Waals surface area contributed by atoms with E-state index in [1.54, 1.807) is 33.8 Å². The van der Waals surface area contributed by atoms with Crippen LogP contribution in [0.3, 0.4) is 0 Å². The molecule has 0 bridgehead atoms. The van der Waals surface area contributed by atoms with Gasteiger partial charge in [-0.15, -0.1) is 0 Å². The zero-order chi connectivity index (χ0) is 14.9. The number of anilines is 1. The minimum atomic E-state index is -0.551. The summed E-state index contributed by atoms with van der Waals surface area (Å²) < 4.78 is 5.20. The molecule has 1 aliphatic rings. The van der Waals surface area contributed by atoms with Crippen LogP contribution in [0.1, 0.15) is 56.4 Å². The van der Waals surface area contributed by atoms with Gasteiger partial charge in [-0.2, -0.15) is 5.26 Å². The Hall–Kier alpha value is -2.09. The maximum atomic E-state index is 11.8. The Morgan fingerprint density at radius 1 is 1.50 bits per heavy atom. The van der Waals surface area contributed by atoms with E-state index in [0.29, 0.717) is 23.0 Å². The molecule has 1 aromatic heterocycles. The largest absolute Gasteiger partial charge is 0.444 e. The number of hydrogen-bond acceptors (Lipinski definition) is 4. The first-order valence-electron chi connectivity index (χ1n) is 6.72. The van der Waals surface area contributed by atoms with E-state index in [-0.39, 0.29) is 0 Å². The Morgan fingerprint density at radius 3 is 2.65 bits per heavy atom. The molecule has 106 valence electrons. The normalized spacial score (nSPS) is 14.6. The standard InChI is InChI=1S/C15H19N3O2/c1-9-12(8-16)11(10-5-6-10)7-13(17-9)18-14(19)20-15(2,3)4/h7,10H,5-6H2,1-4H3,(H,17,18,19). The first kappa shape index (κ1) is 14.3. The molecule has 0 spiro atoms. The molecule has 5 nitrogen and oxygen atoms in total. The van der Waals surface area contributed by atoms with Gasteiger partial charge < -0.3 is 4.74 Å². The van der Waals surface area contributed by atoms with Crippen molar-refractivity contribution in [2.24, 2.45) is 0 Å². The Kier molecular flexibility index (Phi) is 3.67. The quantitative estimate of drug-likeness (QED) is 0.895. The Morgan fingerprint density at radius 2 is 2.15 bits per heavy atom. The summed E-state index contributed by atoms with van der Waals surface area (Å²) in [6.07, 6.45) is 1.64. The third-order valence-corrected chi connectivity index (χ3v) is 2.99. The highest BCUT2D eigenvalue weighted by molar-refractivity contribution is 5.84. The molecular formula is C15H19N3O2. The molecule has 0 aromatic carbocycles. The number of hydrogen-bond donors (Lipinski definition) is 1. The molecule has 20 heavy (non-hydrogen) atoms. The molecule has 1 saturated carbocycles. The van der Waals surface area contributed by atoms with Gasteiger partial charge in [0.25, 0.3) is 0 Å².